The zero-order chi connectivity index (χ0) is 15.8. The first-order valence-corrected chi connectivity index (χ1v) is 8.44. The fourth-order valence-corrected chi connectivity index (χ4v) is 3.92. The minimum absolute atomic E-state index is 0.155. The normalized spacial score (nSPS) is 13.1. The number of nitrogens with zero attached hydrogens (tertiary/aromatic N) is 3. The molecule has 6 heteroatoms. The average Bonchev–Trinajstić information content (AvgIpc) is 3.22. The fourth-order valence-electron chi connectivity index (χ4n) is 2.87. The summed E-state index contributed by atoms with van der Waals surface area (Å²) in [5.41, 5.74) is 3.47. The van der Waals surface area contributed by atoms with Gasteiger partial charge < -0.3 is 0 Å². The van der Waals surface area contributed by atoms with Crippen LogP contribution in [0.1, 0.15) is 33.0 Å². The number of carbonyl (C=O) groups is 1. The van der Waals surface area contributed by atoms with E-state index in [4.69, 9.17) is 0 Å². The van der Waals surface area contributed by atoms with E-state index in [2.05, 4.69) is 15.4 Å². The van der Waals surface area contributed by atoms with Crippen LogP contribution in [-0.4, -0.2) is 20.7 Å². The van der Waals surface area contributed by atoms with Crippen molar-refractivity contribution in [3.05, 3.63) is 58.4 Å². The summed E-state index contributed by atoms with van der Waals surface area (Å²) in [5, 5.41) is 7.93. The lowest BCUT2D eigenvalue weighted by Crippen LogP contribution is -2.13. The predicted octanol–water partition coefficient (Wildman–Crippen LogP) is 3.38. The number of anilines is 1. The predicted molar refractivity (Wildman–Crippen MR) is 90.4 cm³/mol. The van der Waals surface area contributed by atoms with Crippen LogP contribution < -0.4 is 5.32 Å². The van der Waals surface area contributed by atoms with E-state index < -0.39 is 0 Å². The summed E-state index contributed by atoms with van der Waals surface area (Å²) in [7, 11) is 0. The van der Waals surface area contributed by atoms with Gasteiger partial charge in [0, 0.05) is 4.88 Å². The van der Waals surface area contributed by atoms with E-state index in [1.54, 1.807) is 22.2 Å². The number of carbonyl (C=O) groups excluding carboxylic acids is 1. The van der Waals surface area contributed by atoms with Crippen molar-refractivity contribution in [2.75, 3.05) is 5.32 Å². The number of amides is 1. The van der Waals surface area contributed by atoms with Crippen LogP contribution in [0.15, 0.2) is 36.5 Å². The molecule has 2 aromatic heterocycles. The van der Waals surface area contributed by atoms with Crippen molar-refractivity contribution in [1.29, 1.82) is 0 Å². The molecule has 1 aliphatic carbocycles. The molecule has 1 N–H and O–H groups in total. The average molecular weight is 324 g/mol. The summed E-state index contributed by atoms with van der Waals surface area (Å²) < 4.78 is 1.77. The maximum Gasteiger partial charge on any atom is 0.260 e. The summed E-state index contributed by atoms with van der Waals surface area (Å²) in [6.45, 7) is 1.90. The van der Waals surface area contributed by atoms with Gasteiger partial charge in [-0.1, -0.05) is 18.2 Å². The second kappa shape index (κ2) is 5.62. The van der Waals surface area contributed by atoms with E-state index in [0.29, 0.717) is 10.7 Å². The lowest BCUT2D eigenvalue weighted by molar-refractivity contribution is 0.102. The van der Waals surface area contributed by atoms with Gasteiger partial charge in [0.15, 0.2) is 5.13 Å². The van der Waals surface area contributed by atoms with Crippen molar-refractivity contribution >= 4 is 22.4 Å². The van der Waals surface area contributed by atoms with Gasteiger partial charge in [-0.3, -0.25) is 10.1 Å². The number of aromatic nitrogens is 3. The Labute approximate surface area is 138 Å². The number of hydrogen-bond acceptors (Lipinski definition) is 4. The maximum absolute atomic E-state index is 12.5. The second-order valence-electron chi connectivity index (χ2n) is 5.59. The van der Waals surface area contributed by atoms with E-state index in [9.17, 15) is 4.79 Å². The minimum atomic E-state index is -0.155. The fraction of sp³-hybridized carbons (Fsp3) is 0.235. The van der Waals surface area contributed by atoms with Crippen molar-refractivity contribution in [2.45, 2.75) is 26.2 Å². The van der Waals surface area contributed by atoms with E-state index in [1.807, 2.05) is 37.3 Å². The zero-order valence-corrected chi connectivity index (χ0v) is 13.6. The molecule has 2 heterocycles. The third kappa shape index (κ3) is 2.55. The van der Waals surface area contributed by atoms with Gasteiger partial charge in [0.05, 0.1) is 28.8 Å². The highest BCUT2D eigenvalue weighted by atomic mass is 32.1. The molecule has 23 heavy (non-hydrogen) atoms. The van der Waals surface area contributed by atoms with Gasteiger partial charge in [0.1, 0.15) is 0 Å². The third-order valence-corrected chi connectivity index (χ3v) is 5.14. The van der Waals surface area contributed by atoms with Gasteiger partial charge >= 0.3 is 0 Å². The van der Waals surface area contributed by atoms with E-state index >= 15 is 0 Å². The topological polar surface area (TPSA) is 59.8 Å². The molecule has 116 valence electrons. The van der Waals surface area contributed by atoms with Gasteiger partial charge in [0.2, 0.25) is 0 Å². The highest BCUT2D eigenvalue weighted by molar-refractivity contribution is 7.16. The number of para-hydroxylation sites is 1. The van der Waals surface area contributed by atoms with Crippen LogP contribution >= 0.6 is 11.3 Å². The molecule has 0 saturated heterocycles. The molecule has 0 fully saturated rings. The Hall–Kier alpha value is -2.47. The van der Waals surface area contributed by atoms with E-state index in [0.717, 1.165) is 29.9 Å². The van der Waals surface area contributed by atoms with Gasteiger partial charge in [0.25, 0.3) is 5.91 Å². The van der Waals surface area contributed by atoms with Crippen molar-refractivity contribution in [3.63, 3.8) is 0 Å². The molecule has 0 aliphatic heterocycles. The summed E-state index contributed by atoms with van der Waals surface area (Å²) in [6, 6.07) is 9.79. The first-order valence-electron chi connectivity index (χ1n) is 7.62. The molecular formula is C17H16N4OS. The largest absolute Gasteiger partial charge is 0.298 e. The van der Waals surface area contributed by atoms with Crippen molar-refractivity contribution in [1.82, 2.24) is 14.8 Å². The molecule has 3 aromatic rings. The first-order chi connectivity index (χ1) is 11.2. The zero-order valence-electron chi connectivity index (χ0n) is 12.7. The Kier molecular flexibility index (Phi) is 3.46. The van der Waals surface area contributed by atoms with Crippen molar-refractivity contribution in [2.24, 2.45) is 0 Å². The molecule has 0 bridgehead atoms. The Morgan fingerprint density at radius 2 is 2.09 bits per heavy atom. The molecule has 5 nitrogen and oxygen atoms in total. The highest BCUT2D eigenvalue weighted by Gasteiger charge is 2.20. The molecule has 0 atom stereocenters. The van der Waals surface area contributed by atoms with E-state index in [-0.39, 0.29) is 5.91 Å². The van der Waals surface area contributed by atoms with Crippen LogP contribution in [0.2, 0.25) is 0 Å². The number of aryl methyl sites for hydroxylation is 2. The quantitative estimate of drug-likeness (QED) is 0.803. The smallest absolute Gasteiger partial charge is 0.260 e. The van der Waals surface area contributed by atoms with Crippen LogP contribution in [0.5, 0.6) is 0 Å². The highest BCUT2D eigenvalue weighted by Crippen LogP contribution is 2.30. The van der Waals surface area contributed by atoms with Gasteiger partial charge in [-0.05, 0) is 38.3 Å². The Morgan fingerprint density at radius 1 is 1.26 bits per heavy atom. The molecule has 0 radical (unpaired) electrons. The standard InChI is InChI=1S/C17H16N4OS/c1-11-13(10-18-21(11)12-6-3-2-4-7-12)16(22)20-17-19-14-8-5-9-15(14)23-17/h2-4,6-7,10H,5,8-9H2,1H3,(H,19,20,22). The van der Waals surface area contributed by atoms with E-state index in [1.165, 1.54) is 11.3 Å². The van der Waals surface area contributed by atoms with Crippen LogP contribution in [0.25, 0.3) is 5.69 Å². The second-order valence-corrected chi connectivity index (χ2v) is 6.67. The summed E-state index contributed by atoms with van der Waals surface area (Å²) in [5.74, 6) is -0.155. The lowest BCUT2D eigenvalue weighted by Gasteiger charge is -2.05. The molecule has 1 aromatic carbocycles. The number of hydrogen-bond donors (Lipinski definition) is 1. The Balaban J connectivity index is 1.58. The number of thiazole rings is 1. The molecule has 1 aliphatic rings. The Morgan fingerprint density at radius 3 is 2.87 bits per heavy atom. The minimum Gasteiger partial charge on any atom is -0.298 e. The number of benzene rings is 1. The number of rotatable bonds is 3. The molecule has 0 spiro atoms. The van der Waals surface area contributed by atoms with Crippen molar-refractivity contribution < 1.29 is 4.79 Å². The number of nitrogens with one attached hydrogen (secondary N) is 1. The van der Waals surface area contributed by atoms with Crippen LogP contribution in [0, 0.1) is 6.92 Å². The lowest BCUT2D eigenvalue weighted by atomic mass is 10.2. The maximum atomic E-state index is 12.5. The molecule has 1 amide bonds. The van der Waals surface area contributed by atoms with Gasteiger partial charge in [-0.2, -0.15) is 5.10 Å². The molecule has 4 rings (SSSR count). The van der Waals surface area contributed by atoms with Crippen LogP contribution in [-0.2, 0) is 12.8 Å². The summed E-state index contributed by atoms with van der Waals surface area (Å²) >= 11 is 1.58. The Bertz CT molecular complexity index is 845. The van der Waals surface area contributed by atoms with Crippen LogP contribution in [0.4, 0.5) is 5.13 Å². The molecule has 0 saturated carbocycles. The van der Waals surface area contributed by atoms with Crippen molar-refractivity contribution in [3.8, 4) is 5.69 Å². The third-order valence-electron chi connectivity index (χ3n) is 4.07. The summed E-state index contributed by atoms with van der Waals surface area (Å²) in [4.78, 5) is 18.3. The van der Waals surface area contributed by atoms with Gasteiger partial charge in [-0.25, -0.2) is 9.67 Å². The SMILES string of the molecule is Cc1c(C(=O)Nc2nc3c(s2)CCC3)cnn1-c1ccccc1. The number of fused-ring (bicyclic) bond motifs is 1. The first kappa shape index (κ1) is 14.1. The monoisotopic (exact) mass is 324 g/mol. The molecular weight excluding hydrogens is 308 g/mol. The molecule has 0 unspecified atom stereocenters. The van der Waals surface area contributed by atoms with Crippen LogP contribution in [0.3, 0.4) is 0 Å². The summed E-state index contributed by atoms with van der Waals surface area (Å²) in [6.07, 6.45) is 4.88. The van der Waals surface area contributed by atoms with Gasteiger partial charge in [-0.15, -0.1) is 11.3 Å².